The lowest BCUT2D eigenvalue weighted by Gasteiger charge is -2.44. The summed E-state index contributed by atoms with van der Waals surface area (Å²) in [5, 5.41) is 0. The molecule has 0 N–H and O–H groups in total. The molecule has 0 spiro atoms. The Bertz CT molecular complexity index is 668. The maximum atomic E-state index is 11.1. The highest BCUT2D eigenvalue weighted by atomic mass is 32.5. The van der Waals surface area contributed by atoms with E-state index < -0.39 is 22.1 Å². The molecule has 14 heteroatoms. The van der Waals surface area contributed by atoms with E-state index in [1.807, 2.05) is 20.8 Å². The molecule has 7 aliphatic rings. The van der Waals surface area contributed by atoms with Gasteiger partial charge in [0.2, 0.25) is 0 Å². The van der Waals surface area contributed by atoms with E-state index in [4.69, 9.17) is 48.0 Å². The second-order valence-corrected chi connectivity index (χ2v) is 16.4. The molecule has 4 bridgehead atoms. The molecule has 0 atom stereocenters. The van der Waals surface area contributed by atoms with Gasteiger partial charge in [0.1, 0.15) is 0 Å². The minimum atomic E-state index is -3.07. The molecule has 0 radical (unpaired) electrons. The van der Waals surface area contributed by atoms with Crippen molar-refractivity contribution in [1.82, 2.24) is 0 Å². The molecule has 0 aromatic heterocycles. The fourth-order valence-electron chi connectivity index (χ4n) is 2.55. The molecule has 0 unspecified atom stereocenters. The van der Waals surface area contributed by atoms with Crippen LogP contribution in [0.15, 0.2) is 0 Å². The monoisotopic (exact) mass is 524 g/mol. The van der Waals surface area contributed by atoms with E-state index in [-0.39, 0.29) is 23.7 Å². The Morgan fingerprint density at radius 1 is 0.613 bits per heavy atom. The fourth-order valence-corrected chi connectivity index (χ4v) is 7.53. The first kappa shape index (κ1) is 28.0. The molecule has 10 nitrogen and oxygen atoms in total. The fraction of sp³-hybridized carbons (Fsp3) is 1.00. The first-order chi connectivity index (χ1) is 13.7. The van der Waals surface area contributed by atoms with Crippen LogP contribution in [0.1, 0.15) is 35.1 Å². The van der Waals surface area contributed by atoms with Crippen molar-refractivity contribution in [2.75, 3.05) is 59.5 Å². The summed E-state index contributed by atoms with van der Waals surface area (Å²) in [5.41, 5.74) is -0.00333. The summed E-state index contributed by atoms with van der Waals surface area (Å²) in [6, 6.07) is 0. The van der Waals surface area contributed by atoms with Gasteiger partial charge in [-0.05, 0) is 11.8 Å². The summed E-state index contributed by atoms with van der Waals surface area (Å²) >= 11 is 4.99. The molecule has 0 saturated carbocycles. The molecule has 7 aliphatic heterocycles. The summed E-state index contributed by atoms with van der Waals surface area (Å²) in [6.45, 7) is 12.0. The Hall–Kier alpha value is 0.790. The highest BCUT2D eigenvalue weighted by Crippen LogP contribution is 2.60. The van der Waals surface area contributed by atoms with Crippen LogP contribution >= 0.6 is 22.1 Å². The predicted molar refractivity (Wildman–Crippen MR) is 120 cm³/mol. The van der Waals surface area contributed by atoms with Gasteiger partial charge in [-0.15, -0.1) is 0 Å². The van der Waals surface area contributed by atoms with Crippen LogP contribution in [-0.2, 0) is 57.1 Å². The lowest BCUT2D eigenvalue weighted by atomic mass is 9.95. The van der Waals surface area contributed by atoms with Crippen molar-refractivity contribution in [2.45, 2.75) is 35.1 Å². The van der Waals surface area contributed by atoms with Crippen LogP contribution in [0.3, 0.4) is 0 Å². The normalized spacial score (nSPS) is 44.0. The molecule has 0 amide bonds. The van der Waals surface area contributed by atoms with Gasteiger partial charge < -0.3 is 22.6 Å². The smallest absolute Gasteiger partial charge is 0.308 e. The molecule has 0 aliphatic carbocycles. The number of hydrogen-bond acceptors (Lipinski definition) is 11. The Balaban J connectivity index is 0.000000163. The van der Waals surface area contributed by atoms with Crippen molar-refractivity contribution >= 4 is 33.9 Å². The zero-order valence-corrected chi connectivity index (χ0v) is 21.5. The molecule has 184 valence electrons. The second-order valence-electron chi connectivity index (χ2n) is 9.64. The Labute approximate surface area is 190 Å². The average Bonchev–Trinajstić information content (AvgIpc) is 2.69. The second kappa shape index (κ2) is 9.80. The maximum Gasteiger partial charge on any atom is 0.474 e. The van der Waals surface area contributed by atoms with Crippen LogP contribution in [-0.4, -0.2) is 59.5 Å². The van der Waals surface area contributed by atoms with Crippen LogP contribution in [0, 0.1) is 16.2 Å². The third-order valence-electron chi connectivity index (χ3n) is 4.81. The largest absolute Gasteiger partial charge is 0.474 e. The van der Waals surface area contributed by atoms with Gasteiger partial charge in [0, 0.05) is 22.9 Å². The van der Waals surface area contributed by atoms with E-state index in [1.165, 1.54) is 6.66 Å². The van der Waals surface area contributed by atoms with Gasteiger partial charge in [0.05, 0.1) is 52.9 Å². The van der Waals surface area contributed by atoms with E-state index in [2.05, 4.69) is 6.92 Å². The lowest BCUT2D eigenvalue weighted by molar-refractivity contribution is -0.0841. The van der Waals surface area contributed by atoms with Gasteiger partial charge in [-0.3, -0.25) is 18.1 Å². The highest BCUT2D eigenvalue weighted by Gasteiger charge is 2.47. The predicted octanol–water partition coefficient (Wildman–Crippen LogP) is 4.99. The summed E-state index contributed by atoms with van der Waals surface area (Å²) in [7, 11) is -5.74. The quantitative estimate of drug-likeness (QED) is 0.400. The van der Waals surface area contributed by atoms with Crippen molar-refractivity contribution < 1.29 is 45.3 Å². The molecule has 7 heterocycles. The zero-order valence-electron chi connectivity index (χ0n) is 18.0. The van der Waals surface area contributed by atoms with Crippen LogP contribution in [0.5, 0.6) is 0 Å². The van der Waals surface area contributed by atoms with Crippen molar-refractivity contribution in [1.29, 1.82) is 0 Å². The van der Waals surface area contributed by atoms with Crippen molar-refractivity contribution in [3.63, 3.8) is 0 Å². The van der Waals surface area contributed by atoms with Gasteiger partial charge in [-0.2, -0.15) is 0 Å². The number of hydrogen-bond donors (Lipinski definition) is 0. The summed E-state index contributed by atoms with van der Waals surface area (Å²) in [4.78, 5) is 0. The molecular formula is C17H35O10P3S. The molecule has 31 heavy (non-hydrogen) atoms. The SMILES string of the molecule is C.CC1(C)COP(C)(=O)OC1.CC12COP(=O)(OC1)OC2.CC12COP(=S)(OC1)OC2. The average molecular weight is 524 g/mol. The Kier molecular flexibility index (Phi) is 8.87. The number of phosphoric acid groups is 1. The van der Waals surface area contributed by atoms with Gasteiger partial charge in [-0.1, -0.05) is 35.1 Å². The minimum Gasteiger partial charge on any atom is -0.308 e. The summed E-state index contributed by atoms with van der Waals surface area (Å²) in [6.07, 6.45) is 0. The standard InChI is InChI=1S/C6H13O3P.C5H9O4P.C5H9O3PS.CH4/c1-6(2)4-8-10(3,7)9-5-6;1-5-2-7-10(6,8-3-5)9-4-5;1-5-2-6-9(10,7-3-5)8-4-5;/h4-5H2,1-3H3;2*2-4H2,1H3;1H4. The van der Waals surface area contributed by atoms with Crippen molar-refractivity contribution in [3.05, 3.63) is 0 Å². The van der Waals surface area contributed by atoms with Gasteiger partial charge >= 0.3 is 22.1 Å². The molecule has 0 aromatic rings. The number of fused-ring (bicyclic) bond motifs is 6. The van der Waals surface area contributed by atoms with Crippen molar-refractivity contribution in [2.24, 2.45) is 16.2 Å². The van der Waals surface area contributed by atoms with E-state index in [0.717, 1.165) is 0 Å². The van der Waals surface area contributed by atoms with Crippen LogP contribution in [0.25, 0.3) is 0 Å². The third kappa shape index (κ3) is 7.91. The molecular weight excluding hydrogens is 489 g/mol. The topological polar surface area (TPSA) is 108 Å². The lowest BCUT2D eigenvalue weighted by Crippen LogP contribution is -2.41. The third-order valence-corrected chi connectivity index (χ3v) is 9.62. The van der Waals surface area contributed by atoms with Gasteiger partial charge in [0.15, 0.2) is 0 Å². The van der Waals surface area contributed by atoms with Crippen LogP contribution in [0.2, 0.25) is 0 Å². The minimum absolute atomic E-state index is 0. The Morgan fingerprint density at radius 3 is 1.19 bits per heavy atom. The van der Waals surface area contributed by atoms with E-state index in [9.17, 15) is 9.13 Å². The van der Waals surface area contributed by atoms with Crippen molar-refractivity contribution in [3.8, 4) is 0 Å². The molecule has 0 aromatic carbocycles. The van der Waals surface area contributed by atoms with Crippen LogP contribution < -0.4 is 0 Å². The van der Waals surface area contributed by atoms with Gasteiger partial charge in [0.25, 0.3) is 0 Å². The van der Waals surface area contributed by atoms with E-state index in [0.29, 0.717) is 52.9 Å². The van der Waals surface area contributed by atoms with E-state index >= 15 is 0 Å². The summed E-state index contributed by atoms with van der Waals surface area (Å²) < 4.78 is 62.6. The number of rotatable bonds is 0. The first-order valence-electron chi connectivity index (χ1n) is 9.59. The molecule has 7 saturated heterocycles. The summed E-state index contributed by atoms with van der Waals surface area (Å²) in [5.74, 6) is 0. The van der Waals surface area contributed by atoms with E-state index in [1.54, 1.807) is 0 Å². The van der Waals surface area contributed by atoms with Gasteiger partial charge in [-0.25, -0.2) is 4.57 Å². The highest BCUT2D eigenvalue weighted by molar-refractivity contribution is 8.07. The molecule has 7 rings (SSSR count). The Morgan fingerprint density at radius 2 is 0.935 bits per heavy atom. The number of phosphoric ester groups is 1. The molecule has 7 fully saturated rings. The van der Waals surface area contributed by atoms with Crippen LogP contribution in [0.4, 0.5) is 0 Å². The zero-order chi connectivity index (χ0) is 22.3. The maximum absolute atomic E-state index is 11.1. The first-order valence-corrected chi connectivity index (χ1v) is 15.6.